The maximum absolute atomic E-state index is 9.18. The van der Waals surface area contributed by atoms with Crippen LogP contribution in [0.3, 0.4) is 0 Å². The van der Waals surface area contributed by atoms with Crippen molar-refractivity contribution in [3.05, 3.63) is 0 Å². The average Bonchev–Trinajstić information content (AvgIpc) is 1.80. The fourth-order valence-corrected chi connectivity index (χ4v) is 1.74. The van der Waals surface area contributed by atoms with Crippen molar-refractivity contribution in [2.24, 2.45) is 0 Å². The van der Waals surface area contributed by atoms with Crippen molar-refractivity contribution in [1.29, 1.82) is 0 Å². The van der Waals surface area contributed by atoms with E-state index in [1.807, 2.05) is 0 Å². The molecule has 3 atom stereocenters. The first-order chi connectivity index (χ1) is 4.20. The van der Waals surface area contributed by atoms with Gasteiger partial charge in [0.15, 0.2) is 0 Å². The number of aliphatic hydroxyl groups is 2. The van der Waals surface area contributed by atoms with Crippen LogP contribution in [-0.2, 0) is 0 Å². The summed E-state index contributed by atoms with van der Waals surface area (Å²) >= 11 is 2.23. The van der Waals surface area contributed by atoms with Gasteiger partial charge in [-0.2, -0.15) is 0 Å². The summed E-state index contributed by atoms with van der Waals surface area (Å²) in [4.78, 5) is 0. The van der Waals surface area contributed by atoms with Crippen molar-refractivity contribution in [2.75, 3.05) is 0 Å². The van der Waals surface area contributed by atoms with Crippen LogP contribution in [-0.4, -0.2) is 26.3 Å². The second-order valence-corrected chi connectivity index (χ2v) is 4.15. The molecule has 0 aromatic rings. The molecule has 0 bridgehead atoms. The van der Waals surface area contributed by atoms with Gasteiger partial charge >= 0.3 is 0 Å². The fourth-order valence-electron chi connectivity index (χ4n) is 1.09. The Morgan fingerprint density at radius 1 is 1.22 bits per heavy atom. The molecule has 0 aromatic heterocycles. The summed E-state index contributed by atoms with van der Waals surface area (Å²) in [7, 11) is 0. The van der Waals surface area contributed by atoms with E-state index in [1.165, 1.54) is 0 Å². The summed E-state index contributed by atoms with van der Waals surface area (Å²) < 4.78 is 0.353. The Kier molecular flexibility index (Phi) is 2.73. The highest BCUT2D eigenvalue weighted by Gasteiger charge is 2.25. The molecule has 54 valence electrons. The first-order valence-electron chi connectivity index (χ1n) is 3.20. The van der Waals surface area contributed by atoms with E-state index in [9.17, 15) is 5.11 Å². The van der Waals surface area contributed by atoms with E-state index < -0.39 is 0 Å². The molecule has 2 N–H and O–H groups in total. The molecule has 0 amide bonds. The minimum Gasteiger partial charge on any atom is -0.393 e. The molecule has 2 nitrogen and oxygen atoms in total. The van der Waals surface area contributed by atoms with Gasteiger partial charge < -0.3 is 10.2 Å². The van der Waals surface area contributed by atoms with Gasteiger partial charge in [-0.25, -0.2) is 0 Å². The second-order valence-electron chi connectivity index (χ2n) is 2.55. The van der Waals surface area contributed by atoms with Crippen molar-refractivity contribution >= 4 is 22.6 Å². The molecule has 0 heterocycles. The van der Waals surface area contributed by atoms with E-state index >= 15 is 0 Å². The van der Waals surface area contributed by atoms with E-state index in [0.717, 1.165) is 12.8 Å². The third-order valence-electron chi connectivity index (χ3n) is 1.71. The number of hydrogen-bond donors (Lipinski definition) is 2. The fraction of sp³-hybridized carbons (Fsp3) is 1.00. The lowest BCUT2D eigenvalue weighted by molar-refractivity contribution is 0.0483. The van der Waals surface area contributed by atoms with Gasteiger partial charge in [-0.1, -0.05) is 22.6 Å². The molecule has 1 rings (SSSR count). The molecule has 0 unspecified atom stereocenters. The number of alkyl halides is 1. The standard InChI is InChI=1S/C6H11IO2/c7-5-2-1-4(8)3-6(5)9/h4-6,8-9H,1-3H2/t4-,5+,6+/m1/s1. The van der Waals surface area contributed by atoms with Gasteiger partial charge in [0.1, 0.15) is 0 Å². The first kappa shape index (κ1) is 7.75. The molecule has 9 heavy (non-hydrogen) atoms. The highest BCUT2D eigenvalue weighted by atomic mass is 127. The smallest absolute Gasteiger partial charge is 0.0682 e. The SMILES string of the molecule is O[C@@H]1CC[C@H](I)[C@@H](O)C1. The Balaban J connectivity index is 2.35. The molecule has 0 spiro atoms. The number of halogens is 1. The molecule has 1 fully saturated rings. The molecule has 1 saturated carbocycles. The highest BCUT2D eigenvalue weighted by molar-refractivity contribution is 14.1. The maximum Gasteiger partial charge on any atom is 0.0682 e. The summed E-state index contributed by atoms with van der Waals surface area (Å²) in [5.74, 6) is 0. The van der Waals surface area contributed by atoms with Crippen LogP contribution < -0.4 is 0 Å². The molecule has 1 aliphatic carbocycles. The van der Waals surface area contributed by atoms with Crippen LogP contribution in [0.2, 0.25) is 0 Å². The minimum absolute atomic E-state index is 0.258. The summed E-state index contributed by atoms with van der Waals surface area (Å²) in [5, 5.41) is 18.2. The van der Waals surface area contributed by atoms with E-state index in [4.69, 9.17) is 5.11 Å². The van der Waals surface area contributed by atoms with Gasteiger partial charge in [-0.05, 0) is 12.8 Å². The van der Waals surface area contributed by atoms with Gasteiger partial charge in [-0.3, -0.25) is 0 Å². The normalized spacial score (nSPS) is 45.0. The zero-order chi connectivity index (χ0) is 6.85. The molecular formula is C6H11IO2. The topological polar surface area (TPSA) is 40.5 Å². The zero-order valence-corrected chi connectivity index (χ0v) is 7.28. The van der Waals surface area contributed by atoms with Crippen molar-refractivity contribution in [1.82, 2.24) is 0 Å². The lowest BCUT2D eigenvalue weighted by atomic mass is 9.95. The van der Waals surface area contributed by atoms with Gasteiger partial charge in [0.2, 0.25) is 0 Å². The summed E-state index contributed by atoms with van der Waals surface area (Å²) in [5.41, 5.74) is 0. The Morgan fingerprint density at radius 3 is 2.33 bits per heavy atom. The Bertz CT molecular complexity index is 97.1. The van der Waals surface area contributed by atoms with Crippen LogP contribution >= 0.6 is 22.6 Å². The van der Waals surface area contributed by atoms with Crippen LogP contribution in [0.4, 0.5) is 0 Å². The van der Waals surface area contributed by atoms with E-state index in [0.29, 0.717) is 10.3 Å². The molecule has 0 aromatic carbocycles. The Labute approximate surface area is 68.4 Å². The van der Waals surface area contributed by atoms with Crippen LogP contribution in [0.25, 0.3) is 0 Å². The van der Waals surface area contributed by atoms with Crippen molar-refractivity contribution < 1.29 is 10.2 Å². The molecule has 0 saturated heterocycles. The summed E-state index contributed by atoms with van der Waals surface area (Å²) in [6.07, 6.45) is 1.82. The van der Waals surface area contributed by atoms with Crippen LogP contribution in [0.15, 0.2) is 0 Å². The van der Waals surface area contributed by atoms with Crippen molar-refractivity contribution in [2.45, 2.75) is 35.4 Å². The van der Waals surface area contributed by atoms with Gasteiger partial charge in [0.05, 0.1) is 12.2 Å². The lowest BCUT2D eigenvalue weighted by Crippen LogP contribution is -2.31. The Morgan fingerprint density at radius 2 is 1.89 bits per heavy atom. The van der Waals surface area contributed by atoms with Crippen molar-refractivity contribution in [3.8, 4) is 0 Å². The van der Waals surface area contributed by atoms with E-state index in [-0.39, 0.29) is 12.2 Å². The van der Waals surface area contributed by atoms with Crippen LogP contribution in [0.5, 0.6) is 0 Å². The Hall–Kier alpha value is 0.650. The second kappa shape index (κ2) is 3.16. The number of hydrogen-bond acceptors (Lipinski definition) is 2. The molecule has 0 radical (unpaired) electrons. The summed E-state index contributed by atoms with van der Waals surface area (Å²) in [6, 6.07) is 0. The average molecular weight is 242 g/mol. The first-order valence-corrected chi connectivity index (χ1v) is 4.45. The van der Waals surface area contributed by atoms with Crippen LogP contribution in [0, 0.1) is 0 Å². The molecule has 1 aliphatic rings. The maximum atomic E-state index is 9.18. The monoisotopic (exact) mass is 242 g/mol. The predicted octanol–water partition coefficient (Wildman–Crippen LogP) is 0.696. The van der Waals surface area contributed by atoms with E-state index in [2.05, 4.69) is 22.6 Å². The van der Waals surface area contributed by atoms with Crippen molar-refractivity contribution in [3.63, 3.8) is 0 Å². The third kappa shape index (κ3) is 2.05. The van der Waals surface area contributed by atoms with Gasteiger partial charge in [-0.15, -0.1) is 0 Å². The zero-order valence-electron chi connectivity index (χ0n) is 5.13. The third-order valence-corrected chi connectivity index (χ3v) is 3.16. The van der Waals surface area contributed by atoms with E-state index in [1.54, 1.807) is 0 Å². The molecule has 0 aliphatic heterocycles. The highest BCUT2D eigenvalue weighted by Crippen LogP contribution is 2.24. The lowest BCUT2D eigenvalue weighted by Gasteiger charge is -2.26. The largest absolute Gasteiger partial charge is 0.393 e. The molecule has 3 heteroatoms. The number of rotatable bonds is 0. The quantitative estimate of drug-likeness (QED) is 0.484. The number of aliphatic hydroxyl groups excluding tert-OH is 2. The predicted molar refractivity (Wildman–Crippen MR) is 43.7 cm³/mol. The van der Waals surface area contributed by atoms with Gasteiger partial charge in [0.25, 0.3) is 0 Å². The van der Waals surface area contributed by atoms with Crippen LogP contribution in [0.1, 0.15) is 19.3 Å². The minimum atomic E-state index is -0.283. The van der Waals surface area contributed by atoms with Gasteiger partial charge in [0, 0.05) is 10.3 Å². The molecular weight excluding hydrogens is 231 g/mol. The summed E-state index contributed by atoms with van der Waals surface area (Å²) in [6.45, 7) is 0.